The van der Waals surface area contributed by atoms with Crippen molar-refractivity contribution in [3.05, 3.63) is 0 Å². The van der Waals surface area contributed by atoms with Gasteiger partial charge in [-0.05, 0) is 20.0 Å². The van der Waals surface area contributed by atoms with Crippen molar-refractivity contribution in [2.75, 3.05) is 39.9 Å². The number of hydrogen-bond acceptors (Lipinski definition) is 4. The zero-order valence-corrected chi connectivity index (χ0v) is 10.6. The molecule has 7 nitrogen and oxygen atoms in total. The molecule has 1 aliphatic heterocycles. The number of carboxylic acids is 1. The van der Waals surface area contributed by atoms with Gasteiger partial charge in [-0.25, -0.2) is 4.79 Å². The SMILES string of the molecule is CN1CCC(NC(=O)NCCOCCC(=O)O)C1. The molecule has 0 saturated carbocycles. The van der Waals surface area contributed by atoms with E-state index < -0.39 is 5.97 Å². The predicted octanol–water partition coefficient (Wildman–Crippen LogP) is -0.519. The van der Waals surface area contributed by atoms with Crippen molar-refractivity contribution in [1.29, 1.82) is 0 Å². The molecular formula is C11H21N3O4. The van der Waals surface area contributed by atoms with Crippen LogP contribution in [0.5, 0.6) is 0 Å². The quantitative estimate of drug-likeness (QED) is 0.535. The van der Waals surface area contributed by atoms with Crippen LogP contribution in [0.1, 0.15) is 12.8 Å². The molecular weight excluding hydrogens is 238 g/mol. The van der Waals surface area contributed by atoms with E-state index in [1.165, 1.54) is 0 Å². The first-order chi connectivity index (χ1) is 8.58. The number of aliphatic carboxylic acids is 1. The topological polar surface area (TPSA) is 90.9 Å². The minimum atomic E-state index is -0.883. The summed E-state index contributed by atoms with van der Waals surface area (Å²) in [5.41, 5.74) is 0. The van der Waals surface area contributed by atoms with Gasteiger partial charge in [-0.3, -0.25) is 4.79 Å². The van der Waals surface area contributed by atoms with Crippen molar-refractivity contribution in [2.45, 2.75) is 18.9 Å². The van der Waals surface area contributed by atoms with Crippen LogP contribution in [0.15, 0.2) is 0 Å². The third-order valence-corrected chi connectivity index (χ3v) is 2.72. The number of urea groups is 1. The van der Waals surface area contributed by atoms with Crippen molar-refractivity contribution >= 4 is 12.0 Å². The molecule has 1 unspecified atom stereocenters. The zero-order chi connectivity index (χ0) is 13.4. The van der Waals surface area contributed by atoms with Crippen LogP contribution >= 0.6 is 0 Å². The van der Waals surface area contributed by atoms with Crippen LogP contribution in [-0.4, -0.2) is 67.9 Å². The van der Waals surface area contributed by atoms with E-state index in [0.717, 1.165) is 19.5 Å². The maximum atomic E-state index is 11.5. The molecule has 1 heterocycles. The van der Waals surface area contributed by atoms with Gasteiger partial charge in [0, 0.05) is 19.1 Å². The Bertz CT molecular complexity index is 285. The second kappa shape index (κ2) is 7.88. The number of likely N-dealkylation sites (tertiary alicyclic amines) is 1. The average Bonchev–Trinajstić information content (AvgIpc) is 2.68. The molecule has 1 atom stereocenters. The van der Waals surface area contributed by atoms with E-state index in [-0.39, 0.29) is 25.1 Å². The van der Waals surface area contributed by atoms with Gasteiger partial charge in [0.15, 0.2) is 0 Å². The lowest BCUT2D eigenvalue weighted by molar-refractivity contribution is -0.138. The highest BCUT2D eigenvalue weighted by Gasteiger charge is 2.20. The van der Waals surface area contributed by atoms with Gasteiger partial charge in [-0.2, -0.15) is 0 Å². The second-order valence-electron chi connectivity index (χ2n) is 4.40. The molecule has 1 fully saturated rings. The van der Waals surface area contributed by atoms with Gasteiger partial charge in [0.25, 0.3) is 0 Å². The van der Waals surface area contributed by atoms with Crippen LogP contribution in [0, 0.1) is 0 Å². The summed E-state index contributed by atoms with van der Waals surface area (Å²) in [5, 5.41) is 13.9. The van der Waals surface area contributed by atoms with Gasteiger partial charge >= 0.3 is 12.0 Å². The predicted molar refractivity (Wildman–Crippen MR) is 65.5 cm³/mol. The van der Waals surface area contributed by atoms with Crippen LogP contribution in [0.2, 0.25) is 0 Å². The third-order valence-electron chi connectivity index (χ3n) is 2.72. The molecule has 0 bridgehead atoms. The van der Waals surface area contributed by atoms with Crippen LogP contribution in [0.3, 0.4) is 0 Å². The van der Waals surface area contributed by atoms with E-state index in [0.29, 0.717) is 13.2 Å². The summed E-state index contributed by atoms with van der Waals surface area (Å²) in [6.45, 7) is 2.76. The fraction of sp³-hybridized carbons (Fsp3) is 0.818. The lowest BCUT2D eigenvalue weighted by atomic mass is 10.3. The lowest BCUT2D eigenvalue weighted by Gasteiger charge is -2.13. The number of likely N-dealkylation sites (N-methyl/N-ethyl adjacent to an activating group) is 1. The molecule has 1 rings (SSSR count). The Morgan fingerprint density at radius 3 is 2.83 bits per heavy atom. The van der Waals surface area contributed by atoms with Gasteiger partial charge in [-0.1, -0.05) is 0 Å². The molecule has 2 amide bonds. The maximum absolute atomic E-state index is 11.5. The molecule has 1 saturated heterocycles. The Morgan fingerprint density at radius 2 is 2.22 bits per heavy atom. The number of hydrogen-bond donors (Lipinski definition) is 3. The Labute approximate surface area is 106 Å². The van der Waals surface area contributed by atoms with Crippen molar-refractivity contribution in [2.24, 2.45) is 0 Å². The van der Waals surface area contributed by atoms with Crippen molar-refractivity contribution in [3.63, 3.8) is 0 Å². The van der Waals surface area contributed by atoms with Crippen LogP contribution in [-0.2, 0) is 9.53 Å². The first-order valence-electron chi connectivity index (χ1n) is 6.10. The third kappa shape index (κ3) is 6.41. The highest BCUT2D eigenvalue weighted by Crippen LogP contribution is 2.05. The second-order valence-corrected chi connectivity index (χ2v) is 4.40. The highest BCUT2D eigenvalue weighted by molar-refractivity contribution is 5.74. The van der Waals surface area contributed by atoms with Gasteiger partial charge in [0.2, 0.25) is 0 Å². The van der Waals surface area contributed by atoms with Gasteiger partial charge < -0.3 is 25.4 Å². The molecule has 0 aromatic carbocycles. The molecule has 0 spiro atoms. The summed E-state index contributed by atoms with van der Waals surface area (Å²) in [7, 11) is 2.02. The summed E-state index contributed by atoms with van der Waals surface area (Å²) >= 11 is 0. The summed E-state index contributed by atoms with van der Waals surface area (Å²) in [4.78, 5) is 23.8. The normalized spacial score (nSPS) is 19.7. The van der Waals surface area contributed by atoms with E-state index in [2.05, 4.69) is 15.5 Å². The summed E-state index contributed by atoms with van der Waals surface area (Å²) in [5.74, 6) is -0.883. The lowest BCUT2D eigenvalue weighted by Crippen LogP contribution is -2.44. The number of carboxylic acid groups (broad SMARTS) is 1. The maximum Gasteiger partial charge on any atom is 0.315 e. The molecule has 104 valence electrons. The van der Waals surface area contributed by atoms with Crippen LogP contribution < -0.4 is 10.6 Å². The number of ether oxygens (including phenoxy) is 1. The molecule has 7 heteroatoms. The number of nitrogens with zero attached hydrogens (tertiary/aromatic N) is 1. The standard InChI is InChI=1S/C11H21N3O4/c1-14-5-2-9(8-14)13-11(17)12-4-7-18-6-3-10(15)16/h9H,2-8H2,1H3,(H,15,16)(H2,12,13,17). The van der Waals surface area contributed by atoms with E-state index >= 15 is 0 Å². The molecule has 3 N–H and O–H groups in total. The number of rotatable bonds is 7. The van der Waals surface area contributed by atoms with E-state index in [9.17, 15) is 9.59 Å². The number of carbonyl (C=O) groups excluding carboxylic acids is 1. The van der Waals surface area contributed by atoms with Crippen molar-refractivity contribution in [3.8, 4) is 0 Å². The molecule has 0 radical (unpaired) electrons. The summed E-state index contributed by atoms with van der Waals surface area (Å²) in [6.07, 6.45) is 0.958. The monoisotopic (exact) mass is 259 g/mol. The minimum Gasteiger partial charge on any atom is -0.481 e. The Morgan fingerprint density at radius 1 is 1.44 bits per heavy atom. The van der Waals surface area contributed by atoms with Crippen molar-refractivity contribution in [1.82, 2.24) is 15.5 Å². The molecule has 0 aliphatic carbocycles. The van der Waals surface area contributed by atoms with E-state index in [4.69, 9.17) is 9.84 Å². The van der Waals surface area contributed by atoms with Crippen LogP contribution in [0.25, 0.3) is 0 Å². The smallest absolute Gasteiger partial charge is 0.315 e. The zero-order valence-electron chi connectivity index (χ0n) is 10.6. The fourth-order valence-corrected chi connectivity index (χ4v) is 1.79. The highest BCUT2D eigenvalue weighted by atomic mass is 16.5. The Hall–Kier alpha value is -1.34. The van der Waals surface area contributed by atoms with Gasteiger partial charge in [-0.15, -0.1) is 0 Å². The Kier molecular flexibility index (Phi) is 6.45. The molecule has 0 aromatic heterocycles. The van der Waals surface area contributed by atoms with Gasteiger partial charge in [0.1, 0.15) is 0 Å². The number of carbonyl (C=O) groups is 2. The molecule has 0 aromatic rings. The number of nitrogens with one attached hydrogen (secondary N) is 2. The van der Waals surface area contributed by atoms with Crippen molar-refractivity contribution < 1.29 is 19.4 Å². The summed E-state index contributed by atoms with van der Waals surface area (Å²) in [6, 6.07) is 0.0139. The van der Waals surface area contributed by atoms with Crippen LogP contribution in [0.4, 0.5) is 4.79 Å². The molecule has 1 aliphatic rings. The van der Waals surface area contributed by atoms with Gasteiger partial charge in [0.05, 0.1) is 19.6 Å². The molecule has 18 heavy (non-hydrogen) atoms. The summed E-state index contributed by atoms with van der Waals surface area (Å²) < 4.78 is 5.05. The average molecular weight is 259 g/mol. The first kappa shape index (κ1) is 14.7. The Balaban J connectivity index is 1.95. The largest absolute Gasteiger partial charge is 0.481 e. The first-order valence-corrected chi connectivity index (χ1v) is 6.10. The minimum absolute atomic E-state index is 0.0133. The number of amides is 2. The van der Waals surface area contributed by atoms with E-state index in [1.54, 1.807) is 0 Å². The van der Waals surface area contributed by atoms with E-state index in [1.807, 2.05) is 7.05 Å². The fourth-order valence-electron chi connectivity index (χ4n) is 1.79.